The number of ether oxygens (including phenoxy) is 3. The molecule has 0 aliphatic carbocycles. The molecule has 0 fully saturated rings. The van der Waals surface area contributed by atoms with Gasteiger partial charge in [-0.05, 0) is 0 Å². The maximum atomic E-state index is 11.3. The van der Waals surface area contributed by atoms with Crippen molar-refractivity contribution < 1.29 is 28.6 Å². The Bertz CT molecular complexity index is 368. The molecule has 0 radical (unpaired) electrons. The summed E-state index contributed by atoms with van der Waals surface area (Å²) in [4.78, 5) is 33.8. The summed E-state index contributed by atoms with van der Waals surface area (Å²) < 4.78 is 16.5. The summed E-state index contributed by atoms with van der Waals surface area (Å²) in [5.41, 5.74) is 5.39. The van der Waals surface area contributed by atoms with Crippen molar-refractivity contribution in [1.82, 2.24) is 5.32 Å². The first-order chi connectivity index (χ1) is 12.4. The van der Waals surface area contributed by atoms with Gasteiger partial charge in [0.1, 0.15) is 11.6 Å². The largest absolute Gasteiger partial charge is 0.379 e. The zero-order valence-corrected chi connectivity index (χ0v) is 16.3. The molecule has 3 N–H and O–H groups in total. The van der Waals surface area contributed by atoms with Crippen molar-refractivity contribution in [2.24, 2.45) is 5.73 Å². The standard InChI is InChI=1S/C18H34N2O6/c1-4-15(21)6-9-24-12-18(19,13-25-10-7-16(22)5-2)14-26-11-8-17(23)20-3/h4-14,19H2,1-3H3,(H,20,23). The number of nitrogens with two attached hydrogens (primary N) is 1. The van der Waals surface area contributed by atoms with Crippen LogP contribution in [0.5, 0.6) is 0 Å². The van der Waals surface area contributed by atoms with Gasteiger partial charge in [0.25, 0.3) is 0 Å². The van der Waals surface area contributed by atoms with E-state index in [0.29, 0.717) is 25.7 Å². The second-order valence-corrected chi connectivity index (χ2v) is 6.23. The minimum atomic E-state index is -0.910. The van der Waals surface area contributed by atoms with E-state index in [1.165, 1.54) is 0 Å². The molecule has 0 saturated carbocycles. The molecule has 1 amide bonds. The average Bonchev–Trinajstić information content (AvgIpc) is 2.65. The number of nitrogens with one attached hydrogen (secondary N) is 1. The van der Waals surface area contributed by atoms with Crippen LogP contribution in [0.3, 0.4) is 0 Å². The molecule has 0 aromatic heterocycles. The smallest absolute Gasteiger partial charge is 0.222 e. The normalized spacial score (nSPS) is 11.4. The van der Waals surface area contributed by atoms with Crippen LogP contribution in [0.15, 0.2) is 0 Å². The highest BCUT2D eigenvalue weighted by Gasteiger charge is 2.27. The molecule has 26 heavy (non-hydrogen) atoms. The molecule has 8 nitrogen and oxygen atoms in total. The molecule has 0 aliphatic rings. The Morgan fingerprint density at radius 3 is 1.54 bits per heavy atom. The molecular weight excluding hydrogens is 340 g/mol. The summed E-state index contributed by atoms with van der Waals surface area (Å²) in [5.74, 6) is 0.142. The zero-order valence-electron chi connectivity index (χ0n) is 16.3. The van der Waals surface area contributed by atoms with E-state index in [1.54, 1.807) is 20.9 Å². The number of hydrogen-bond donors (Lipinski definition) is 2. The third kappa shape index (κ3) is 12.9. The van der Waals surface area contributed by atoms with Crippen LogP contribution in [0.2, 0.25) is 0 Å². The van der Waals surface area contributed by atoms with Gasteiger partial charge in [-0.2, -0.15) is 0 Å². The van der Waals surface area contributed by atoms with Crippen molar-refractivity contribution in [3.63, 3.8) is 0 Å². The van der Waals surface area contributed by atoms with Crippen molar-refractivity contribution in [2.75, 3.05) is 46.7 Å². The zero-order chi connectivity index (χ0) is 19.8. The van der Waals surface area contributed by atoms with Gasteiger partial charge in [-0.25, -0.2) is 0 Å². The van der Waals surface area contributed by atoms with E-state index in [2.05, 4.69) is 5.32 Å². The van der Waals surface area contributed by atoms with Crippen LogP contribution in [0, 0.1) is 0 Å². The van der Waals surface area contributed by atoms with E-state index >= 15 is 0 Å². The van der Waals surface area contributed by atoms with Gasteiger partial charge in [0.15, 0.2) is 0 Å². The summed E-state index contributed by atoms with van der Waals surface area (Å²) in [6, 6.07) is 0. The molecule has 8 heteroatoms. The van der Waals surface area contributed by atoms with E-state index < -0.39 is 5.54 Å². The van der Waals surface area contributed by atoms with Crippen LogP contribution >= 0.6 is 0 Å². The summed E-state index contributed by atoms with van der Waals surface area (Å²) >= 11 is 0. The van der Waals surface area contributed by atoms with Gasteiger partial charge in [-0.1, -0.05) is 13.8 Å². The second-order valence-electron chi connectivity index (χ2n) is 6.23. The number of carbonyl (C=O) groups excluding carboxylic acids is 3. The van der Waals surface area contributed by atoms with Crippen LogP contribution in [-0.2, 0) is 28.6 Å². The molecule has 0 atom stereocenters. The highest BCUT2D eigenvalue weighted by atomic mass is 16.5. The number of rotatable bonds is 17. The molecule has 0 unspecified atom stereocenters. The van der Waals surface area contributed by atoms with Gasteiger partial charge in [-0.15, -0.1) is 0 Å². The monoisotopic (exact) mass is 374 g/mol. The number of Topliss-reactive ketones (excluding diaryl/α,β-unsaturated/α-hetero) is 2. The van der Waals surface area contributed by atoms with E-state index in [1.807, 2.05) is 0 Å². The van der Waals surface area contributed by atoms with Crippen molar-refractivity contribution in [2.45, 2.75) is 51.5 Å². The molecule has 0 bridgehead atoms. The summed E-state index contributed by atoms with van der Waals surface area (Å²) in [6.07, 6.45) is 1.89. The Hall–Kier alpha value is -1.35. The average molecular weight is 374 g/mol. The number of ketones is 2. The minimum absolute atomic E-state index is 0.115. The van der Waals surface area contributed by atoms with E-state index in [9.17, 15) is 14.4 Å². The van der Waals surface area contributed by atoms with Crippen molar-refractivity contribution >= 4 is 17.5 Å². The van der Waals surface area contributed by atoms with Gasteiger partial charge < -0.3 is 25.3 Å². The third-order valence-corrected chi connectivity index (χ3v) is 3.76. The Labute approximate surface area is 156 Å². The summed E-state index contributed by atoms with van der Waals surface area (Å²) in [6.45, 7) is 4.89. The van der Waals surface area contributed by atoms with Crippen LogP contribution in [0.4, 0.5) is 0 Å². The van der Waals surface area contributed by atoms with Gasteiger partial charge in [0, 0.05) is 39.2 Å². The minimum Gasteiger partial charge on any atom is -0.379 e. The summed E-state index contributed by atoms with van der Waals surface area (Å²) in [7, 11) is 1.56. The molecule has 0 heterocycles. The molecule has 0 aromatic carbocycles. The fourth-order valence-corrected chi connectivity index (χ4v) is 1.97. The van der Waals surface area contributed by atoms with Crippen molar-refractivity contribution in [3.05, 3.63) is 0 Å². The SMILES string of the molecule is CCC(=O)CCOCC(N)(COCCC(=O)CC)COCCC(=O)NC. The molecule has 0 aliphatic heterocycles. The molecular formula is C18H34N2O6. The third-order valence-electron chi connectivity index (χ3n) is 3.76. The van der Waals surface area contributed by atoms with Gasteiger partial charge in [0.2, 0.25) is 5.91 Å². The fourth-order valence-electron chi connectivity index (χ4n) is 1.97. The predicted molar refractivity (Wildman–Crippen MR) is 97.9 cm³/mol. The quantitative estimate of drug-likeness (QED) is 0.358. The van der Waals surface area contributed by atoms with Gasteiger partial charge in [-0.3, -0.25) is 14.4 Å². The lowest BCUT2D eigenvalue weighted by Crippen LogP contribution is -2.53. The molecule has 0 spiro atoms. The molecule has 152 valence electrons. The fraction of sp³-hybridized carbons (Fsp3) is 0.833. The number of carbonyl (C=O) groups is 3. The molecule has 0 aromatic rings. The molecule has 0 rings (SSSR count). The lowest BCUT2D eigenvalue weighted by molar-refractivity contribution is -0.122. The predicted octanol–water partition coefficient (Wildman–Crippen LogP) is 0.608. The van der Waals surface area contributed by atoms with E-state index in [4.69, 9.17) is 19.9 Å². The Balaban J connectivity index is 4.32. The second kappa shape index (κ2) is 14.8. The van der Waals surface area contributed by atoms with Crippen LogP contribution < -0.4 is 11.1 Å². The van der Waals surface area contributed by atoms with Crippen LogP contribution in [-0.4, -0.2) is 69.7 Å². The Kier molecular flexibility index (Phi) is 14.0. The van der Waals surface area contributed by atoms with Crippen molar-refractivity contribution in [1.29, 1.82) is 0 Å². The first-order valence-corrected chi connectivity index (χ1v) is 9.13. The lowest BCUT2D eigenvalue weighted by atomic mass is 10.1. The van der Waals surface area contributed by atoms with Gasteiger partial charge in [0.05, 0.1) is 45.2 Å². The maximum Gasteiger partial charge on any atom is 0.222 e. The van der Waals surface area contributed by atoms with Crippen molar-refractivity contribution in [3.8, 4) is 0 Å². The van der Waals surface area contributed by atoms with Crippen LogP contribution in [0.25, 0.3) is 0 Å². The topological polar surface area (TPSA) is 117 Å². The Morgan fingerprint density at radius 2 is 1.19 bits per heavy atom. The first-order valence-electron chi connectivity index (χ1n) is 9.13. The van der Waals surface area contributed by atoms with Gasteiger partial charge >= 0.3 is 0 Å². The molecule has 0 saturated heterocycles. The van der Waals surface area contributed by atoms with Crippen LogP contribution in [0.1, 0.15) is 46.0 Å². The lowest BCUT2D eigenvalue weighted by Gasteiger charge is -2.29. The maximum absolute atomic E-state index is 11.3. The highest BCUT2D eigenvalue weighted by molar-refractivity contribution is 5.78. The first kappa shape index (κ1) is 24.7. The Morgan fingerprint density at radius 1 is 0.808 bits per heavy atom. The number of hydrogen-bond acceptors (Lipinski definition) is 7. The number of amides is 1. The summed E-state index contributed by atoms with van der Waals surface area (Å²) in [5, 5.41) is 2.52. The van der Waals surface area contributed by atoms with E-state index in [-0.39, 0.29) is 63.5 Å². The van der Waals surface area contributed by atoms with E-state index in [0.717, 1.165) is 0 Å². The highest BCUT2D eigenvalue weighted by Crippen LogP contribution is 2.06.